The van der Waals surface area contributed by atoms with E-state index in [1.54, 1.807) is 0 Å². The van der Waals surface area contributed by atoms with Gasteiger partial charge >= 0.3 is 0 Å². The largest absolute Gasteiger partial charge is 0.289 e. The second-order valence-corrected chi connectivity index (χ2v) is 14.7. The van der Waals surface area contributed by atoms with Gasteiger partial charge in [-0.05, 0) is 71.5 Å². The Bertz CT molecular complexity index is 1890. The number of benzene rings is 4. The van der Waals surface area contributed by atoms with Gasteiger partial charge in [0.15, 0.2) is 11.6 Å². The minimum absolute atomic E-state index is 0.0487. The van der Waals surface area contributed by atoms with Crippen molar-refractivity contribution in [1.82, 2.24) is 8.61 Å². The number of sulfonamides is 2. The zero-order valence-corrected chi connectivity index (χ0v) is 24.1. The fourth-order valence-electron chi connectivity index (χ4n) is 6.08. The molecule has 3 aliphatic rings. The maximum atomic E-state index is 13.7. The lowest BCUT2D eigenvalue weighted by Crippen LogP contribution is -2.36. The highest BCUT2D eigenvalue weighted by Crippen LogP contribution is 2.34. The van der Waals surface area contributed by atoms with E-state index < -0.39 is 31.6 Å². The van der Waals surface area contributed by atoms with Crippen molar-refractivity contribution in [1.29, 1.82) is 0 Å². The first-order valence-corrected chi connectivity index (χ1v) is 16.5. The van der Waals surface area contributed by atoms with Gasteiger partial charge in [-0.1, -0.05) is 48.5 Å². The molecule has 2 aliphatic heterocycles. The maximum absolute atomic E-state index is 13.7. The average Bonchev–Trinajstić information content (AvgIpc) is 3.02. The maximum Gasteiger partial charge on any atom is 0.243 e. The van der Waals surface area contributed by atoms with Gasteiger partial charge in [-0.15, -0.1) is 0 Å². The number of hydrogen-bond acceptors (Lipinski definition) is 6. The number of carbonyl (C=O) groups excluding carboxylic acids is 2. The van der Waals surface area contributed by atoms with Crippen LogP contribution in [0.3, 0.4) is 0 Å². The Morgan fingerprint density at radius 2 is 0.857 bits per heavy atom. The van der Waals surface area contributed by atoms with Crippen molar-refractivity contribution in [2.75, 3.05) is 13.1 Å². The predicted molar refractivity (Wildman–Crippen MR) is 155 cm³/mol. The van der Waals surface area contributed by atoms with Crippen molar-refractivity contribution in [2.45, 2.75) is 35.7 Å². The molecule has 7 rings (SSSR count). The second-order valence-electron chi connectivity index (χ2n) is 10.8. The van der Waals surface area contributed by atoms with Gasteiger partial charge in [-0.25, -0.2) is 16.8 Å². The number of ketones is 2. The fraction of sp³-hybridized carbons (Fsp3) is 0.188. The Morgan fingerprint density at radius 3 is 1.29 bits per heavy atom. The third kappa shape index (κ3) is 4.25. The van der Waals surface area contributed by atoms with Crippen molar-refractivity contribution < 1.29 is 26.4 Å². The smallest absolute Gasteiger partial charge is 0.243 e. The van der Waals surface area contributed by atoms with Gasteiger partial charge in [-0.2, -0.15) is 8.61 Å². The fourth-order valence-corrected chi connectivity index (χ4v) is 8.97. The molecule has 2 heterocycles. The molecule has 1 aliphatic carbocycles. The topological polar surface area (TPSA) is 109 Å². The third-order valence-corrected chi connectivity index (χ3v) is 12.1. The van der Waals surface area contributed by atoms with Gasteiger partial charge in [0.05, 0.1) is 9.79 Å². The van der Waals surface area contributed by atoms with E-state index in [0.717, 1.165) is 22.3 Å². The first-order chi connectivity index (χ1) is 20.1. The van der Waals surface area contributed by atoms with E-state index in [0.29, 0.717) is 25.9 Å². The van der Waals surface area contributed by atoms with E-state index in [1.807, 2.05) is 48.5 Å². The van der Waals surface area contributed by atoms with Crippen LogP contribution in [-0.2, 0) is 46.0 Å². The van der Waals surface area contributed by atoms with Crippen LogP contribution in [0.15, 0.2) is 94.7 Å². The SMILES string of the molecule is O=C1c2ccc(S(=O)(=O)N3CCc4ccccc4C3)cc2C(=O)c2cc(S(=O)(=O)N3CCc4ccccc4C3)ccc21. The average molecular weight is 599 g/mol. The summed E-state index contributed by atoms with van der Waals surface area (Å²) < 4.78 is 57.2. The molecule has 0 unspecified atom stereocenters. The molecule has 0 aromatic heterocycles. The summed E-state index contributed by atoms with van der Waals surface area (Å²) >= 11 is 0. The van der Waals surface area contributed by atoms with Gasteiger partial charge in [-0.3, -0.25) is 9.59 Å². The van der Waals surface area contributed by atoms with Crippen molar-refractivity contribution in [3.63, 3.8) is 0 Å². The molecule has 0 atom stereocenters. The lowest BCUT2D eigenvalue weighted by Gasteiger charge is -2.29. The van der Waals surface area contributed by atoms with Crippen LogP contribution >= 0.6 is 0 Å². The minimum Gasteiger partial charge on any atom is -0.289 e. The highest BCUT2D eigenvalue weighted by atomic mass is 32.2. The van der Waals surface area contributed by atoms with Crippen molar-refractivity contribution in [3.05, 3.63) is 129 Å². The van der Waals surface area contributed by atoms with Crippen LogP contribution in [0.5, 0.6) is 0 Å². The molecule has 0 bridgehead atoms. The minimum atomic E-state index is -3.96. The van der Waals surface area contributed by atoms with Gasteiger partial charge in [0, 0.05) is 48.4 Å². The molecular formula is C32H26N2O6S2. The van der Waals surface area contributed by atoms with Gasteiger partial charge in [0.1, 0.15) is 0 Å². The lowest BCUT2D eigenvalue weighted by atomic mass is 9.84. The standard InChI is InChI=1S/C32H26N2O6S2/c35-31-27-11-9-25(41(37,38)33-15-13-21-5-1-3-7-23(21)19-33)17-29(27)32(36)30-18-26(10-12-28(30)31)42(39,40)34-16-14-22-6-2-4-8-24(22)20-34/h1-12,17-18H,13-16,19-20H2. The summed E-state index contributed by atoms with van der Waals surface area (Å²) in [5.41, 5.74) is 4.16. The molecule has 42 heavy (non-hydrogen) atoms. The van der Waals surface area contributed by atoms with E-state index in [-0.39, 0.29) is 45.1 Å². The van der Waals surface area contributed by atoms with Crippen molar-refractivity contribution >= 4 is 31.6 Å². The number of carbonyl (C=O) groups is 2. The molecule has 0 radical (unpaired) electrons. The zero-order chi connectivity index (χ0) is 29.2. The Labute approximate surface area is 244 Å². The van der Waals surface area contributed by atoms with E-state index in [4.69, 9.17) is 0 Å². The molecule has 8 nitrogen and oxygen atoms in total. The summed E-state index contributed by atoms with van der Waals surface area (Å²) in [4.78, 5) is 26.9. The molecular weight excluding hydrogens is 572 g/mol. The molecule has 0 N–H and O–H groups in total. The molecule has 0 saturated heterocycles. The summed E-state index contributed by atoms with van der Waals surface area (Å²) in [5.74, 6) is -1.03. The Morgan fingerprint density at radius 1 is 0.476 bits per heavy atom. The van der Waals surface area contributed by atoms with Crippen LogP contribution in [0.25, 0.3) is 0 Å². The van der Waals surface area contributed by atoms with Crippen LogP contribution < -0.4 is 0 Å². The Hall–Kier alpha value is -3.96. The second kappa shape index (κ2) is 9.81. The van der Waals surface area contributed by atoms with E-state index in [2.05, 4.69) is 0 Å². The van der Waals surface area contributed by atoms with Crippen molar-refractivity contribution in [3.8, 4) is 0 Å². The number of fused-ring (bicyclic) bond motifs is 4. The third-order valence-electron chi connectivity index (χ3n) is 8.43. The molecule has 212 valence electrons. The molecule has 10 heteroatoms. The first-order valence-electron chi connectivity index (χ1n) is 13.7. The summed E-state index contributed by atoms with van der Waals surface area (Å²) in [6.07, 6.45) is 1.15. The van der Waals surface area contributed by atoms with Gasteiger partial charge < -0.3 is 0 Å². The van der Waals surface area contributed by atoms with Crippen LogP contribution in [-0.4, -0.2) is 50.1 Å². The number of hydrogen-bond donors (Lipinski definition) is 0. The Kier molecular flexibility index (Phi) is 6.28. The van der Waals surface area contributed by atoms with Crippen LogP contribution in [0.2, 0.25) is 0 Å². The van der Waals surface area contributed by atoms with Crippen LogP contribution in [0.1, 0.15) is 54.1 Å². The Balaban J connectivity index is 1.22. The lowest BCUT2D eigenvalue weighted by molar-refractivity contribution is 0.0978. The van der Waals surface area contributed by atoms with Crippen molar-refractivity contribution in [2.24, 2.45) is 0 Å². The van der Waals surface area contributed by atoms with Gasteiger partial charge in [0.25, 0.3) is 0 Å². The molecule has 0 saturated carbocycles. The van der Waals surface area contributed by atoms with Crippen LogP contribution in [0, 0.1) is 0 Å². The van der Waals surface area contributed by atoms with Crippen LogP contribution in [0.4, 0.5) is 0 Å². The zero-order valence-electron chi connectivity index (χ0n) is 22.5. The molecule has 0 spiro atoms. The number of nitrogens with zero attached hydrogens (tertiary/aromatic N) is 2. The normalized spacial score (nSPS) is 17.2. The highest BCUT2D eigenvalue weighted by molar-refractivity contribution is 7.89. The van der Waals surface area contributed by atoms with E-state index >= 15 is 0 Å². The summed E-state index contributed by atoms with van der Waals surface area (Å²) in [6, 6.07) is 23.3. The predicted octanol–water partition coefficient (Wildman–Crippen LogP) is 3.96. The summed E-state index contributed by atoms with van der Waals surface area (Å²) in [5, 5.41) is 0. The summed E-state index contributed by atoms with van der Waals surface area (Å²) in [7, 11) is -7.92. The first kappa shape index (κ1) is 26.9. The molecule has 4 aromatic carbocycles. The van der Waals surface area contributed by atoms with E-state index in [1.165, 1.54) is 45.0 Å². The quantitative estimate of drug-likeness (QED) is 0.310. The summed E-state index contributed by atoms with van der Waals surface area (Å²) in [6.45, 7) is 1.03. The number of rotatable bonds is 4. The monoisotopic (exact) mass is 598 g/mol. The highest BCUT2D eigenvalue weighted by Gasteiger charge is 2.36. The molecule has 0 amide bonds. The van der Waals surface area contributed by atoms with Gasteiger partial charge in [0.2, 0.25) is 20.0 Å². The van der Waals surface area contributed by atoms with E-state index in [9.17, 15) is 26.4 Å². The molecule has 0 fully saturated rings. The molecule has 4 aromatic rings.